The van der Waals surface area contributed by atoms with Gasteiger partial charge in [-0.25, -0.2) is 0 Å². The normalized spacial score (nSPS) is 20.8. The number of aryl methyl sites for hydroxylation is 1. The van der Waals surface area contributed by atoms with Crippen molar-refractivity contribution in [3.8, 4) is 0 Å². The highest BCUT2D eigenvalue weighted by atomic mass is 16.5. The van der Waals surface area contributed by atoms with Crippen LogP contribution in [0, 0.1) is 5.92 Å². The van der Waals surface area contributed by atoms with E-state index in [1.54, 1.807) is 0 Å². The predicted octanol–water partition coefficient (Wildman–Crippen LogP) is 2.76. The highest BCUT2D eigenvalue weighted by Crippen LogP contribution is 2.26. The molecule has 2 atom stereocenters. The highest BCUT2D eigenvalue weighted by molar-refractivity contribution is 5.10. The van der Waals surface area contributed by atoms with Crippen LogP contribution in [0.5, 0.6) is 0 Å². The molecule has 0 amide bonds. The van der Waals surface area contributed by atoms with Crippen LogP contribution in [-0.2, 0) is 11.3 Å². The van der Waals surface area contributed by atoms with Gasteiger partial charge in [-0.05, 0) is 38.1 Å². The van der Waals surface area contributed by atoms with Gasteiger partial charge in [0.25, 0.3) is 0 Å². The smallest absolute Gasteiger partial charge is 0.0537 e. The van der Waals surface area contributed by atoms with Crippen LogP contribution in [0.25, 0.3) is 0 Å². The van der Waals surface area contributed by atoms with Crippen molar-refractivity contribution in [1.29, 1.82) is 0 Å². The van der Waals surface area contributed by atoms with Crippen molar-refractivity contribution in [2.45, 2.75) is 52.1 Å². The lowest BCUT2D eigenvalue weighted by molar-refractivity contribution is 0.181. The Balaban J connectivity index is 1.97. The molecule has 0 radical (unpaired) electrons. The van der Waals surface area contributed by atoms with E-state index in [4.69, 9.17) is 4.74 Å². The third kappa shape index (κ3) is 4.32. The molecule has 2 unspecified atom stereocenters. The lowest BCUT2D eigenvalue weighted by Gasteiger charge is -2.20. The third-order valence-electron chi connectivity index (χ3n) is 3.74. The zero-order valence-corrected chi connectivity index (χ0v) is 12.3. The lowest BCUT2D eigenvalue weighted by Crippen LogP contribution is -2.24. The third-order valence-corrected chi connectivity index (χ3v) is 3.74. The lowest BCUT2D eigenvalue weighted by atomic mass is 9.96. The van der Waals surface area contributed by atoms with Gasteiger partial charge < -0.3 is 10.1 Å². The molecule has 0 aliphatic carbocycles. The van der Waals surface area contributed by atoms with E-state index in [2.05, 4.69) is 35.1 Å². The molecule has 2 heterocycles. The van der Waals surface area contributed by atoms with E-state index in [1.807, 2.05) is 6.20 Å². The van der Waals surface area contributed by atoms with E-state index in [9.17, 15) is 0 Å². The fraction of sp³-hybridized carbons (Fsp3) is 0.800. The number of hydrogen-bond acceptors (Lipinski definition) is 3. The number of aromatic nitrogens is 2. The Labute approximate surface area is 116 Å². The fourth-order valence-corrected chi connectivity index (χ4v) is 2.67. The quantitative estimate of drug-likeness (QED) is 0.785. The number of ether oxygens (including phenoxy) is 1. The van der Waals surface area contributed by atoms with Crippen LogP contribution in [0.15, 0.2) is 12.4 Å². The molecule has 108 valence electrons. The Morgan fingerprint density at radius 2 is 2.37 bits per heavy atom. The summed E-state index contributed by atoms with van der Waals surface area (Å²) in [5, 5.41) is 8.11. The average Bonchev–Trinajstić information content (AvgIpc) is 3.06. The number of hydrogen-bond donors (Lipinski definition) is 1. The molecule has 1 aliphatic rings. The molecule has 4 heteroatoms. The number of nitrogens with zero attached hydrogens (tertiary/aromatic N) is 2. The second-order valence-corrected chi connectivity index (χ2v) is 5.51. The van der Waals surface area contributed by atoms with Crippen LogP contribution < -0.4 is 5.32 Å². The van der Waals surface area contributed by atoms with Gasteiger partial charge in [0.05, 0.1) is 6.20 Å². The SMILES string of the molecule is CCCNC(CC1CCOC1)c1cnn(CCC)c1. The number of rotatable bonds is 8. The van der Waals surface area contributed by atoms with Crippen LogP contribution in [-0.4, -0.2) is 29.5 Å². The summed E-state index contributed by atoms with van der Waals surface area (Å²) in [5.41, 5.74) is 1.33. The van der Waals surface area contributed by atoms with E-state index in [1.165, 1.54) is 18.4 Å². The molecular weight excluding hydrogens is 238 g/mol. The fourth-order valence-electron chi connectivity index (χ4n) is 2.67. The van der Waals surface area contributed by atoms with Crippen molar-refractivity contribution in [1.82, 2.24) is 15.1 Å². The topological polar surface area (TPSA) is 39.1 Å². The molecule has 1 N–H and O–H groups in total. The Morgan fingerprint density at radius 3 is 3.05 bits per heavy atom. The Kier molecular flexibility index (Phi) is 5.86. The molecule has 1 saturated heterocycles. The van der Waals surface area contributed by atoms with Crippen molar-refractivity contribution in [3.05, 3.63) is 18.0 Å². The summed E-state index contributed by atoms with van der Waals surface area (Å²) in [5.74, 6) is 0.698. The minimum atomic E-state index is 0.428. The Morgan fingerprint density at radius 1 is 1.47 bits per heavy atom. The van der Waals surface area contributed by atoms with Crippen molar-refractivity contribution in [3.63, 3.8) is 0 Å². The van der Waals surface area contributed by atoms with Crippen molar-refractivity contribution >= 4 is 0 Å². The molecular formula is C15H27N3O. The van der Waals surface area contributed by atoms with Gasteiger partial charge in [-0.1, -0.05) is 13.8 Å². The zero-order chi connectivity index (χ0) is 13.5. The van der Waals surface area contributed by atoms with Gasteiger partial charge >= 0.3 is 0 Å². The van der Waals surface area contributed by atoms with Gasteiger partial charge in [-0.2, -0.15) is 5.10 Å². The maximum absolute atomic E-state index is 5.49. The molecule has 1 aromatic heterocycles. The second-order valence-electron chi connectivity index (χ2n) is 5.51. The Bertz CT molecular complexity index is 358. The van der Waals surface area contributed by atoms with E-state index < -0.39 is 0 Å². The molecule has 1 aromatic rings. The first-order valence-electron chi connectivity index (χ1n) is 7.67. The molecule has 1 fully saturated rings. The summed E-state index contributed by atoms with van der Waals surface area (Å²) in [4.78, 5) is 0. The number of nitrogens with one attached hydrogen (secondary N) is 1. The second kappa shape index (κ2) is 7.65. The van der Waals surface area contributed by atoms with Crippen LogP contribution in [0.4, 0.5) is 0 Å². The van der Waals surface area contributed by atoms with Gasteiger partial charge in [0, 0.05) is 37.6 Å². The maximum Gasteiger partial charge on any atom is 0.0537 e. The van der Waals surface area contributed by atoms with Gasteiger partial charge in [0.15, 0.2) is 0 Å². The minimum Gasteiger partial charge on any atom is -0.381 e. The van der Waals surface area contributed by atoms with Gasteiger partial charge in [-0.15, -0.1) is 0 Å². The molecule has 0 spiro atoms. The van der Waals surface area contributed by atoms with Crippen LogP contribution in [0.2, 0.25) is 0 Å². The molecule has 1 aliphatic heterocycles. The largest absolute Gasteiger partial charge is 0.381 e. The Hall–Kier alpha value is -0.870. The van der Waals surface area contributed by atoms with Gasteiger partial charge in [0.1, 0.15) is 0 Å². The first kappa shape index (κ1) is 14.5. The van der Waals surface area contributed by atoms with E-state index >= 15 is 0 Å². The van der Waals surface area contributed by atoms with E-state index in [0.717, 1.165) is 39.1 Å². The average molecular weight is 265 g/mol. The first-order chi connectivity index (χ1) is 9.33. The van der Waals surface area contributed by atoms with Crippen LogP contribution in [0.1, 0.15) is 51.1 Å². The van der Waals surface area contributed by atoms with Crippen molar-refractivity contribution in [2.75, 3.05) is 19.8 Å². The molecule has 0 saturated carbocycles. The summed E-state index contributed by atoms with van der Waals surface area (Å²) in [6.45, 7) is 8.32. The summed E-state index contributed by atoms with van der Waals surface area (Å²) < 4.78 is 7.55. The molecule has 4 nitrogen and oxygen atoms in total. The minimum absolute atomic E-state index is 0.428. The standard InChI is InChI=1S/C15H27N3O/c1-3-6-16-15(9-13-5-8-19-12-13)14-10-17-18(11-14)7-4-2/h10-11,13,15-16H,3-9,12H2,1-2H3. The van der Waals surface area contributed by atoms with E-state index in [0.29, 0.717) is 12.0 Å². The maximum atomic E-state index is 5.49. The molecule has 0 bridgehead atoms. The van der Waals surface area contributed by atoms with Crippen LogP contribution in [0.3, 0.4) is 0 Å². The first-order valence-corrected chi connectivity index (χ1v) is 7.67. The summed E-state index contributed by atoms with van der Waals surface area (Å²) >= 11 is 0. The van der Waals surface area contributed by atoms with Gasteiger partial charge in [0.2, 0.25) is 0 Å². The summed E-state index contributed by atoms with van der Waals surface area (Å²) in [6, 6.07) is 0.428. The van der Waals surface area contributed by atoms with Crippen LogP contribution >= 0.6 is 0 Å². The van der Waals surface area contributed by atoms with Gasteiger partial charge in [-0.3, -0.25) is 4.68 Å². The summed E-state index contributed by atoms with van der Waals surface area (Å²) in [7, 11) is 0. The molecule has 2 rings (SSSR count). The molecule has 0 aromatic carbocycles. The highest BCUT2D eigenvalue weighted by Gasteiger charge is 2.22. The van der Waals surface area contributed by atoms with Crippen molar-refractivity contribution < 1.29 is 4.74 Å². The predicted molar refractivity (Wildman–Crippen MR) is 77.1 cm³/mol. The van der Waals surface area contributed by atoms with E-state index in [-0.39, 0.29) is 0 Å². The zero-order valence-electron chi connectivity index (χ0n) is 12.3. The monoisotopic (exact) mass is 265 g/mol. The summed E-state index contributed by atoms with van der Waals surface area (Å²) in [6.07, 6.45) is 8.89. The van der Waals surface area contributed by atoms with Crippen molar-refractivity contribution in [2.24, 2.45) is 5.92 Å². The molecule has 19 heavy (non-hydrogen) atoms.